The van der Waals surface area contributed by atoms with Crippen molar-refractivity contribution < 1.29 is 44.7 Å². The number of nitrogens with zero attached hydrogens (tertiary/aromatic N) is 7. The minimum absolute atomic E-state index is 0.0273. The molecule has 0 radical (unpaired) electrons. The van der Waals surface area contributed by atoms with E-state index in [4.69, 9.17) is 20.2 Å². The van der Waals surface area contributed by atoms with Crippen molar-refractivity contribution in [1.82, 2.24) is 28.3 Å². The average Bonchev–Trinajstić information content (AvgIpc) is 4.01. The molecular formula is C44H47ClF2N8O8S4. The molecule has 2 fully saturated rings. The monoisotopic (exact) mass is 1020 g/mol. The van der Waals surface area contributed by atoms with Crippen molar-refractivity contribution >= 4 is 75.0 Å². The second-order valence-corrected chi connectivity index (χ2v) is 20.7. The lowest BCUT2D eigenvalue weighted by Gasteiger charge is -2.33. The van der Waals surface area contributed by atoms with Crippen molar-refractivity contribution in [1.29, 1.82) is 0 Å². The van der Waals surface area contributed by atoms with E-state index in [1.54, 1.807) is 38.1 Å². The van der Waals surface area contributed by atoms with E-state index in [1.807, 2.05) is 4.90 Å². The van der Waals surface area contributed by atoms with Crippen LogP contribution >= 0.6 is 33.7 Å². The summed E-state index contributed by atoms with van der Waals surface area (Å²) in [5.41, 5.74) is 1.96. The molecule has 2 aliphatic heterocycles. The fraction of sp³-hybridized carbons (Fsp3) is 0.318. The number of sulfonamides is 1. The third kappa shape index (κ3) is 15.3. The Morgan fingerprint density at radius 2 is 1.01 bits per heavy atom. The van der Waals surface area contributed by atoms with Gasteiger partial charge in [-0.2, -0.15) is 13.1 Å². The van der Waals surface area contributed by atoms with Crippen LogP contribution in [0.25, 0.3) is 0 Å². The van der Waals surface area contributed by atoms with Crippen LogP contribution in [0.4, 0.5) is 19.0 Å². The molecule has 23 heteroatoms. The van der Waals surface area contributed by atoms with E-state index in [0.717, 1.165) is 53.4 Å². The minimum atomic E-state index is -3.72. The second-order valence-electron chi connectivity index (χ2n) is 14.8. The van der Waals surface area contributed by atoms with Crippen LogP contribution in [0.1, 0.15) is 49.5 Å². The molecular weight excluding hydrogens is 970 g/mol. The number of halogens is 3. The fourth-order valence-corrected chi connectivity index (χ4v) is 10.0. The van der Waals surface area contributed by atoms with Gasteiger partial charge in [0.2, 0.25) is 20.3 Å². The van der Waals surface area contributed by atoms with Gasteiger partial charge in [0.15, 0.2) is 0 Å². The van der Waals surface area contributed by atoms with Crippen molar-refractivity contribution in [2.24, 2.45) is 0 Å². The van der Waals surface area contributed by atoms with Crippen LogP contribution in [-0.4, -0.2) is 104 Å². The Bertz CT molecular complexity index is 2770. The first-order chi connectivity index (χ1) is 32.1. The number of carbonyl (C=O) groups excluding carboxylic acids is 2. The summed E-state index contributed by atoms with van der Waals surface area (Å²) in [5, 5.41) is 5.04. The Morgan fingerprint density at radius 1 is 0.612 bits per heavy atom. The van der Waals surface area contributed by atoms with Crippen LogP contribution in [0.3, 0.4) is 0 Å². The van der Waals surface area contributed by atoms with Crippen molar-refractivity contribution in [3.8, 4) is 11.5 Å². The first kappa shape index (κ1) is 50.9. The van der Waals surface area contributed by atoms with Crippen LogP contribution in [0.2, 0.25) is 0 Å². The molecule has 0 unspecified atom stereocenters. The molecule has 0 atom stereocenters. The summed E-state index contributed by atoms with van der Waals surface area (Å²) in [6.07, 6.45) is 1.67. The highest BCUT2D eigenvalue weighted by molar-refractivity contribution is 8.13. The number of nitrogens with one attached hydrogen (secondary N) is 1. The van der Waals surface area contributed by atoms with Crippen molar-refractivity contribution in [2.45, 2.75) is 49.3 Å². The zero-order chi connectivity index (χ0) is 48.0. The highest BCUT2D eigenvalue weighted by Crippen LogP contribution is 2.26. The molecule has 4 heterocycles. The van der Waals surface area contributed by atoms with Gasteiger partial charge in [-0.3, -0.25) is 9.59 Å². The van der Waals surface area contributed by atoms with Gasteiger partial charge in [0, 0.05) is 112 Å². The van der Waals surface area contributed by atoms with Gasteiger partial charge in [-0.05, 0) is 83.9 Å². The number of anilines is 2. The van der Waals surface area contributed by atoms with Gasteiger partial charge in [0.05, 0.1) is 9.79 Å². The predicted octanol–water partition coefficient (Wildman–Crippen LogP) is 6.70. The van der Waals surface area contributed by atoms with E-state index >= 15 is 0 Å². The number of benzene rings is 4. The maximum atomic E-state index is 13.1. The molecule has 2 aromatic heterocycles. The minimum Gasteiger partial charge on any atom is -0.427 e. The Kier molecular flexibility index (Phi) is 18.2. The third-order valence-corrected chi connectivity index (χ3v) is 14.9. The van der Waals surface area contributed by atoms with Crippen molar-refractivity contribution in [3.05, 3.63) is 131 Å². The van der Waals surface area contributed by atoms with Crippen LogP contribution in [0.5, 0.6) is 11.5 Å². The molecule has 1 N–H and O–H groups in total. The molecule has 0 saturated carbocycles. The van der Waals surface area contributed by atoms with Crippen LogP contribution in [0, 0.1) is 11.6 Å². The average molecular weight is 1020 g/mol. The van der Waals surface area contributed by atoms with E-state index in [1.165, 1.54) is 100 Å². The Hall–Kier alpha value is -5.49. The largest absolute Gasteiger partial charge is 0.427 e. The number of rotatable bonds is 13. The summed E-state index contributed by atoms with van der Waals surface area (Å²) in [5.74, 6) is 0.830. The van der Waals surface area contributed by atoms with Gasteiger partial charge in [-0.1, -0.05) is 38.1 Å². The van der Waals surface area contributed by atoms with E-state index in [2.05, 4.69) is 28.9 Å². The Balaban J connectivity index is 0.000000184. The van der Waals surface area contributed by atoms with Gasteiger partial charge in [0.25, 0.3) is 9.05 Å². The normalized spacial score (nSPS) is 14.3. The summed E-state index contributed by atoms with van der Waals surface area (Å²) >= 11 is 2.71. The van der Waals surface area contributed by atoms with Crippen LogP contribution in [-0.2, 0) is 41.5 Å². The lowest BCUT2D eigenvalue weighted by Crippen LogP contribution is -2.48. The van der Waals surface area contributed by atoms with Crippen LogP contribution < -0.4 is 24.6 Å². The van der Waals surface area contributed by atoms with Gasteiger partial charge in [-0.15, -0.1) is 0 Å². The highest BCUT2D eigenvalue weighted by atomic mass is 35.7. The molecule has 0 aliphatic carbocycles. The molecule has 0 spiro atoms. The number of hydrogen-bond acceptors (Lipinski definition) is 17. The lowest BCUT2D eigenvalue weighted by atomic mass is 10.1. The van der Waals surface area contributed by atoms with Gasteiger partial charge in [-0.25, -0.2) is 35.6 Å². The SMILES string of the molecule is CCC(=O)Oc1ccc(S(=O)(=O)Cl)cc1.CCC(=O)Oc1ccc(S(=O)(=O)N2CCN(c3nc(Cc4ccc(F)cc4)ns3)CC2)cc1.Fc1ccc(Cc2nsc(N3CCNCC3)n2)cc1. The predicted molar refractivity (Wildman–Crippen MR) is 252 cm³/mol. The molecule has 4 aromatic carbocycles. The van der Waals surface area contributed by atoms with Gasteiger partial charge >= 0.3 is 11.9 Å². The highest BCUT2D eigenvalue weighted by Gasteiger charge is 2.30. The first-order valence-corrected chi connectivity index (χ1v) is 26.3. The van der Waals surface area contributed by atoms with Crippen molar-refractivity contribution in [3.63, 3.8) is 0 Å². The maximum Gasteiger partial charge on any atom is 0.310 e. The zero-order valence-electron chi connectivity index (χ0n) is 36.4. The Labute approximate surface area is 400 Å². The topological polar surface area (TPSA) is 194 Å². The maximum absolute atomic E-state index is 13.1. The molecule has 6 aromatic rings. The van der Waals surface area contributed by atoms with Crippen molar-refractivity contribution in [2.75, 3.05) is 62.2 Å². The molecule has 8 rings (SSSR count). The van der Waals surface area contributed by atoms with Crippen LogP contribution in [0.15, 0.2) is 107 Å². The summed E-state index contributed by atoms with van der Waals surface area (Å²) in [6, 6.07) is 23.9. The quantitative estimate of drug-likeness (QED) is 0.0729. The van der Waals surface area contributed by atoms with E-state index in [9.17, 15) is 35.2 Å². The number of piperazine rings is 2. The summed E-state index contributed by atoms with van der Waals surface area (Å²) < 4.78 is 93.8. The molecule has 0 amide bonds. The second kappa shape index (κ2) is 24.0. The first-order valence-electron chi connectivity index (χ1n) is 21.0. The number of hydrogen-bond donors (Lipinski definition) is 1. The van der Waals surface area contributed by atoms with E-state index in [-0.39, 0.29) is 46.2 Å². The fourth-order valence-electron chi connectivity index (χ4n) is 6.34. The van der Waals surface area contributed by atoms with Gasteiger partial charge in [0.1, 0.15) is 34.8 Å². The molecule has 2 aliphatic rings. The molecule has 16 nitrogen and oxygen atoms in total. The smallest absolute Gasteiger partial charge is 0.310 e. The van der Waals surface area contributed by atoms with Gasteiger partial charge < -0.3 is 24.6 Å². The van der Waals surface area contributed by atoms with E-state index in [0.29, 0.717) is 56.3 Å². The zero-order valence-corrected chi connectivity index (χ0v) is 40.4. The number of esters is 2. The molecule has 356 valence electrons. The molecule has 67 heavy (non-hydrogen) atoms. The molecule has 0 bridgehead atoms. The third-order valence-electron chi connectivity index (χ3n) is 9.97. The summed E-state index contributed by atoms with van der Waals surface area (Å²) in [4.78, 5) is 35.8. The van der Waals surface area contributed by atoms with E-state index < -0.39 is 19.1 Å². The number of carbonyl (C=O) groups is 2. The molecule has 2 saturated heterocycles. The summed E-state index contributed by atoms with van der Waals surface area (Å²) in [7, 11) is -2.27. The standard InChI is InChI=1S/C22H23FN4O4S2.C13H15FN4S.C9H9ClO4S/c1-2-21(28)31-18-7-9-19(10-8-18)33(29,30)27-13-11-26(12-14-27)22-24-20(25-32-22)15-16-3-5-17(23)6-4-16;14-11-3-1-10(2-4-11)9-12-16-13(19-17-12)18-7-5-15-6-8-18;1-2-9(11)14-7-3-5-8(6-4-7)15(10,12)13/h3-10H,2,11-15H2,1H3;1-4,15H,5-9H2;3-6H,2H2,1H3. The number of aromatic nitrogens is 4. The lowest BCUT2D eigenvalue weighted by molar-refractivity contribution is -0.134. The Morgan fingerprint density at radius 3 is 1.42 bits per heavy atom. The number of ether oxygens (including phenoxy) is 2. The summed E-state index contributed by atoms with van der Waals surface area (Å²) in [6.45, 7) is 8.93.